The Balaban J connectivity index is 1.85. The van der Waals surface area contributed by atoms with Gasteiger partial charge in [0.2, 0.25) is 0 Å². The molecule has 1 saturated heterocycles. The predicted octanol–water partition coefficient (Wildman–Crippen LogP) is 0.173. The summed E-state index contributed by atoms with van der Waals surface area (Å²) in [5, 5.41) is 8.41. The highest BCUT2D eigenvalue weighted by molar-refractivity contribution is 6.39. The van der Waals surface area contributed by atoms with Crippen LogP contribution in [-0.2, 0) is 9.63 Å². The molecule has 17 heavy (non-hydrogen) atoms. The third kappa shape index (κ3) is 2.87. The van der Waals surface area contributed by atoms with Crippen LogP contribution in [0.5, 0.6) is 0 Å². The van der Waals surface area contributed by atoms with Crippen LogP contribution in [0.25, 0.3) is 0 Å². The lowest BCUT2D eigenvalue weighted by molar-refractivity contribution is -0.134. The second kappa shape index (κ2) is 4.17. The van der Waals surface area contributed by atoms with Crippen molar-refractivity contribution in [3.8, 4) is 0 Å². The van der Waals surface area contributed by atoms with E-state index >= 15 is 0 Å². The van der Waals surface area contributed by atoms with E-state index in [9.17, 15) is 18.0 Å². The summed E-state index contributed by atoms with van der Waals surface area (Å²) < 4.78 is 35.7. The average Bonchev–Trinajstić information content (AvgIpc) is 2.85. The summed E-state index contributed by atoms with van der Waals surface area (Å²) in [6, 6.07) is 0. The Hall–Kier alpha value is -1.31. The zero-order valence-electron chi connectivity index (χ0n) is 8.93. The molecule has 8 heteroatoms. The van der Waals surface area contributed by atoms with Gasteiger partial charge in [-0.15, -0.1) is 0 Å². The van der Waals surface area contributed by atoms with Crippen LogP contribution in [0.2, 0.25) is 0 Å². The lowest BCUT2D eigenvalue weighted by Crippen LogP contribution is -2.39. The smallest absolute Gasteiger partial charge is 0.387 e. The number of hydrogen-bond acceptors (Lipinski definition) is 4. The minimum atomic E-state index is -4.41. The van der Waals surface area contributed by atoms with Gasteiger partial charge in [-0.1, -0.05) is 5.16 Å². The van der Waals surface area contributed by atoms with Crippen molar-refractivity contribution in [1.82, 2.24) is 10.6 Å². The molecule has 0 bridgehead atoms. The van der Waals surface area contributed by atoms with Gasteiger partial charge in [0.05, 0.1) is 0 Å². The fourth-order valence-electron chi connectivity index (χ4n) is 1.88. The number of hydrogen-bond donors (Lipinski definition) is 2. The predicted molar refractivity (Wildman–Crippen MR) is 52.4 cm³/mol. The lowest BCUT2D eigenvalue weighted by Gasteiger charge is -2.18. The van der Waals surface area contributed by atoms with Crippen molar-refractivity contribution in [2.24, 2.45) is 5.16 Å². The van der Waals surface area contributed by atoms with E-state index in [1.165, 1.54) is 0 Å². The van der Waals surface area contributed by atoms with Crippen LogP contribution in [-0.4, -0.2) is 43.0 Å². The van der Waals surface area contributed by atoms with Crippen molar-refractivity contribution < 1.29 is 22.8 Å². The Labute approximate surface area is 95.4 Å². The van der Waals surface area contributed by atoms with Crippen LogP contribution in [0.1, 0.15) is 12.8 Å². The average molecular weight is 251 g/mol. The summed E-state index contributed by atoms with van der Waals surface area (Å²) in [5.41, 5.74) is -0.511. The van der Waals surface area contributed by atoms with E-state index in [1.807, 2.05) is 0 Å². The SMILES string of the molecule is O=C(NCC(F)(F)F)C1=NOC2(CCNC2)C1. The second-order valence-electron chi connectivity index (χ2n) is 4.21. The fourth-order valence-corrected chi connectivity index (χ4v) is 1.88. The standard InChI is InChI=1S/C9H12F3N3O2/c10-9(11,12)5-14-7(16)6-3-8(17-15-6)1-2-13-4-8/h13H,1-5H2,(H,14,16). The molecule has 1 unspecified atom stereocenters. The van der Waals surface area contributed by atoms with E-state index in [0.29, 0.717) is 13.0 Å². The molecule has 2 rings (SSSR count). The molecule has 2 aliphatic heterocycles. The largest absolute Gasteiger partial charge is 0.405 e. The summed E-state index contributed by atoms with van der Waals surface area (Å²) in [4.78, 5) is 16.5. The van der Waals surface area contributed by atoms with Gasteiger partial charge < -0.3 is 15.5 Å². The molecule has 0 aliphatic carbocycles. The molecule has 1 fully saturated rings. The van der Waals surface area contributed by atoms with Gasteiger partial charge in [-0.2, -0.15) is 13.2 Å². The summed E-state index contributed by atoms with van der Waals surface area (Å²) in [6.45, 7) is -0.0321. The molecule has 1 spiro atoms. The number of carbonyl (C=O) groups excluding carboxylic acids is 1. The number of nitrogens with zero attached hydrogens (tertiary/aromatic N) is 1. The van der Waals surface area contributed by atoms with Gasteiger partial charge in [0.25, 0.3) is 5.91 Å². The van der Waals surface area contributed by atoms with Crippen molar-refractivity contribution in [1.29, 1.82) is 0 Å². The first-order valence-corrected chi connectivity index (χ1v) is 5.21. The quantitative estimate of drug-likeness (QED) is 0.735. The van der Waals surface area contributed by atoms with E-state index in [1.54, 1.807) is 5.32 Å². The molecule has 0 radical (unpaired) electrons. The lowest BCUT2D eigenvalue weighted by atomic mass is 9.96. The normalized spacial score (nSPS) is 28.1. The summed E-state index contributed by atoms with van der Waals surface area (Å²) in [5.74, 6) is -0.814. The van der Waals surface area contributed by atoms with E-state index in [4.69, 9.17) is 4.84 Å². The Kier molecular flexibility index (Phi) is 2.98. The highest BCUT2D eigenvalue weighted by Crippen LogP contribution is 2.29. The number of amides is 1. The van der Waals surface area contributed by atoms with Crippen molar-refractivity contribution >= 4 is 11.6 Å². The highest BCUT2D eigenvalue weighted by Gasteiger charge is 2.44. The third-order valence-corrected chi connectivity index (χ3v) is 2.76. The first kappa shape index (κ1) is 12.2. The molecular weight excluding hydrogens is 239 g/mol. The van der Waals surface area contributed by atoms with Crippen LogP contribution in [0.3, 0.4) is 0 Å². The first-order valence-electron chi connectivity index (χ1n) is 5.21. The monoisotopic (exact) mass is 251 g/mol. The van der Waals surface area contributed by atoms with Crippen LogP contribution in [0.4, 0.5) is 13.2 Å². The Morgan fingerprint density at radius 3 is 2.94 bits per heavy atom. The number of carbonyl (C=O) groups is 1. The van der Waals surface area contributed by atoms with Gasteiger partial charge in [-0.3, -0.25) is 4.79 Å². The van der Waals surface area contributed by atoms with Crippen molar-refractivity contribution in [2.75, 3.05) is 19.6 Å². The van der Waals surface area contributed by atoms with Gasteiger partial charge in [0.15, 0.2) is 5.60 Å². The molecular formula is C9H12F3N3O2. The number of alkyl halides is 3. The third-order valence-electron chi connectivity index (χ3n) is 2.76. The second-order valence-corrected chi connectivity index (χ2v) is 4.21. The van der Waals surface area contributed by atoms with Crippen LogP contribution < -0.4 is 10.6 Å². The van der Waals surface area contributed by atoms with Gasteiger partial charge in [0, 0.05) is 19.4 Å². The number of halogens is 3. The van der Waals surface area contributed by atoms with E-state index in [2.05, 4.69) is 10.5 Å². The van der Waals surface area contributed by atoms with Crippen LogP contribution in [0.15, 0.2) is 5.16 Å². The molecule has 5 nitrogen and oxygen atoms in total. The maximum Gasteiger partial charge on any atom is 0.405 e. The Bertz CT molecular complexity index is 348. The number of oxime groups is 1. The van der Waals surface area contributed by atoms with Crippen molar-refractivity contribution in [3.63, 3.8) is 0 Å². The molecule has 0 aromatic carbocycles. The molecule has 96 valence electrons. The summed E-state index contributed by atoms with van der Waals surface area (Å²) >= 11 is 0. The number of rotatable bonds is 2. The molecule has 2 aliphatic rings. The minimum Gasteiger partial charge on any atom is -0.387 e. The topological polar surface area (TPSA) is 62.7 Å². The van der Waals surface area contributed by atoms with E-state index in [0.717, 1.165) is 6.54 Å². The van der Waals surface area contributed by atoms with Gasteiger partial charge in [0.1, 0.15) is 12.3 Å². The van der Waals surface area contributed by atoms with Crippen LogP contribution >= 0.6 is 0 Å². The molecule has 2 N–H and O–H groups in total. The van der Waals surface area contributed by atoms with E-state index < -0.39 is 24.2 Å². The molecule has 0 aromatic heterocycles. The van der Waals surface area contributed by atoms with Crippen molar-refractivity contribution in [3.05, 3.63) is 0 Å². The molecule has 1 amide bonds. The maximum atomic E-state index is 11.9. The molecule has 0 aromatic rings. The van der Waals surface area contributed by atoms with Crippen LogP contribution in [0, 0.1) is 0 Å². The number of nitrogens with one attached hydrogen (secondary N) is 2. The molecule has 2 heterocycles. The van der Waals surface area contributed by atoms with Gasteiger partial charge in [-0.25, -0.2) is 0 Å². The zero-order chi connectivity index (χ0) is 12.5. The van der Waals surface area contributed by atoms with Gasteiger partial charge in [-0.05, 0) is 6.54 Å². The highest BCUT2D eigenvalue weighted by atomic mass is 19.4. The zero-order valence-corrected chi connectivity index (χ0v) is 8.93. The summed E-state index contributed by atoms with van der Waals surface area (Å²) in [6.07, 6.45) is -3.46. The molecule has 1 atom stereocenters. The fraction of sp³-hybridized carbons (Fsp3) is 0.778. The maximum absolute atomic E-state index is 11.9. The minimum absolute atomic E-state index is 0.0259. The first-order chi connectivity index (χ1) is 7.90. The summed E-state index contributed by atoms with van der Waals surface area (Å²) in [7, 11) is 0. The molecule has 0 saturated carbocycles. The van der Waals surface area contributed by atoms with Gasteiger partial charge >= 0.3 is 6.18 Å². The Morgan fingerprint density at radius 1 is 1.59 bits per heavy atom. The van der Waals surface area contributed by atoms with E-state index in [-0.39, 0.29) is 12.1 Å². The Morgan fingerprint density at radius 2 is 2.35 bits per heavy atom. The van der Waals surface area contributed by atoms with Crippen molar-refractivity contribution in [2.45, 2.75) is 24.6 Å².